The molecule has 21 heavy (non-hydrogen) atoms. The summed E-state index contributed by atoms with van der Waals surface area (Å²) in [5.74, 6) is 0.967. The Balaban J connectivity index is 2.05. The molecule has 0 aromatic carbocycles. The van der Waals surface area contributed by atoms with Gasteiger partial charge in [0.1, 0.15) is 0 Å². The van der Waals surface area contributed by atoms with Gasteiger partial charge in [-0.15, -0.1) is 0 Å². The van der Waals surface area contributed by atoms with Crippen molar-refractivity contribution < 1.29 is 9.53 Å². The van der Waals surface area contributed by atoms with E-state index in [1.54, 1.807) is 7.11 Å². The fourth-order valence-corrected chi connectivity index (χ4v) is 3.85. The molecule has 0 spiro atoms. The Hall–Kier alpha value is -0.610. The van der Waals surface area contributed by atoms with Crippen LogP contribution in [-0.2, 0) is 9.53 Å². The highest BCUT2D eigenvalue weighted by Crippen LogP contribution is 2.34. The topological polar surface area (TPSA) is 41.6 Å². The molecule has 0 bridgehead atoms. The Bertz CT molecular complexity index is 329. The van der Waals surface area contributed by atoms with E-state index in [0.717, 1.165) is 32.3 Å². The number of hydrogen-bond acceptors (Lipinski definition) is 3. The molecule has 1 aliphatic heterocycles. The lowest BCUT2D eigenvalue weighted by atomic mass is 10.0. The lowest BCUT2D eigenvalue weighted by Gasteiger charge is -2.33. The van der Waals surface area contributed by atoms with E-state index in [9.17, 15) is 4.79 Å². The van der Waals surface area contributed by atoms with Crippen LogP contribution < -0.4 is 5.32 Å². The van der Waals surface area contributed by atoms with Gasteiger partial charge in [-0.25, -0.2) is 0 Å². The summed E-state index contributed by atoms with van der Waals surface area (Å²) in [7, 11) is 1.73. The highest BCUT2D eigenvalue weighted by atomic mass is 16.5. The van der Waals surface area contributed by atoms with Crippen LogP contribution in [0.25, 0.3) is 0 Å². The van der Waals surface area contributed by atoms with Crippen molar-refractivity contribution in [3.63, 3.8) is 0 Å². The predicted octanol–water partition coefficient (Wildman–Crippen LogP) is 2.92. The van der Waals surface area contributed by atoms with Crippen LogP contribution in [0.4, 0.5) is 0 Å². The quantitative estimate of drug-likeness (QED) is 0.749. The van der Waals surface area contributed by atoms with Crippen LogP contribution in [0.1, 0.15) is 65.2 Å². The van der Waals surface area contributed by atoms with E-state index >= 15 is 0 Å². The largest absolute Gasteiger partial charge is 0.385 e. The van der Waals surface area contributed by atoms with Crippen LogP contribution >= 0.6 is 0 Å². The highest BCUT2D eigenvalue weighted by Gasteiger charge is 2.44. The first-order valence-corrected chi connectivity index (χ1v) is 8.76. The summed E-state index contributed by atoms with van der Waals surface area (Å²) in [5.41, 5.74) is 0. The number of carbonyl (C=O) groups is 1. The minimum atomic E-state index is 0.0422. The van der Waals surface area contributed by atoms with Crippen LogP contribution in [0.15, 0.2) is 0 Å². The molecule has 4 heteroatoms. The molecule has 0 radical (unpaired) electrons. The Morgan fingerprint density at radius 3 is 2.71 bits per heavy atom. The van der Waals surface area contributed by atoms with Crippen molar-refractivity contribution in [2.75, 3.05) is 13.7 Å². The minimum absolute atomic E-state index is 0.0422. The molecule has 122 valence electrons. The molecule has 4 nitrogen and oxygen atoms in total. The van der Waals surface area contributed by atoms with Gasteiger partial charge in [-0.3, -0.25) is 10.1 Å². The van der Waals surface area contributed by atoms with Crippen molar-refractivity contribution in [3.05, 3.63) is 0 Å². The maximum atomic E-state index is 12.8. The molecule has 1 saturated carbocycles. The third-order valence-corrected chi connectivity index (χ3v) is 5.13. The summed E-state index contributed by atoms with van der Waals surface area (Å²) in [4.78, 5) is 15.0. The van der Waals surface area contributed by atoms with Crippen molar-refractivity contribution in [1.82, 2.24) is 10.2 Å². The molecule has 1 aliphatic carbocycles. The van der Waals surface area contributed by atoms with Crippen molar-refractivity contribution >= 4 is 5.91 Å². The molecule has 1 heterocycles. The Morgan fingerprint density at radius 1 is 1.38 bits per heavy atom. The third-order valence-electron chi connectivity index (χ3n) is 5.13. The SMILES string of the molecule is CCCCC1NC(C2CCCC2)N(C(C)CCOC)C1=O. The standard InChI is InChI=1S/C17H32N2O2/c1-4-5-10-15-17(20)19(13(2)11-12-21-3)16(18-15)14-8-6-7-9-14/h13-16,18H,4-12H2,1-3H3. The molecule has 3 atom stereocenters. The number of nitrogens with zero attached hydrogens (tertiary/aromatic N) is 1. The number of ether oxygens (including phenoxy) is 1. The van der Waals surface area contributed by atoms with E-state index in [0.29, 0.717) is 11.8 Å². The van der Waals surface area contributed by atoms with E-state index in [4.69, 9.17) is 4.74 Å². The molecular formula is C17H32N2O2. The molecule has 1 amide bonds. The van der Waals surface area contributed by atoms with Crippen molar-refractivity contribution in [2.24, 2.45) is 5.92 Å². The summed E-state index contributed by atoms with van der Waals surface area (Å²) in [6.45, 7) is 5.08. The average Bonchev–Trinajstić information content (AvgIpc) is 3.10. The summed E-state index contributed by atoms with van der Waals surface area (Å²) in [6, 6.07) is 0.308. The fourth-order valence-electron chi connectivity index (χ4n) is 3.85. The average molecular weight is 296 g/mol. The van der Waals surface area contributed by atoms with E-state index in [-0.39, 0.29) is 18.2 Å². The summed E-state index contributed by atoms with van der Waals surface area (Å²) in [5, 5.41) is 3.66. The number of carbonyl (C=O) groups excluding carboxylic acids is 1. The number of amides is 1. The molecule has 1 saturated heterocycles. The number of methoxy groups -OCH3 is 1. The van der Waals surface area contributed by atoms with Gasteiger partial charge in [0.2, 0.25) is 5.91 Å². The molecule has 3 unspecified atom stereocenters. The molecule has 0 aromatic heterocycles. The zero-order valence-corrected chi connectivity index (χ0v) is 13.9. The number of hydrogen-bond donors (Lipinski definition) is 1. The fraction of sp³-hybridized carbons (Fsp3) is 0.941. The lowest BCUT2D eigenvalue weighted by molar-refractivity contribution is -0.133. The summed E-state index contributed by atoms with van der Waals surface area (Å²) in [6.07, 6.45) is 9.60. The first-order chi connectivity index (χ1) is 10.2. The van der Waals surface area contributed by atoms with Crippen molar-refractivity contribution in [3.8, 4) is 0 Å². The van der Waals surface area contributed by atoms with E-state index in [2.05, 4.69) is 24.1 Å². The van der Waals surface area contributed by atoms with Gasteiger partial charge in [0, 0.05) is 19.8 Å². The smallest absolute Gasteiger partial charge is 0.241 e. The van der Waals surface area contributed by atoms with Crippen LogP contribution in [0, 0.1) is 5.92 Å². The molecular weight excluding hydrogens is 264 g/mol. The highest BCUT2D eigenvalue weighted by molar-refractivity contribution is 5.84. The van der Waals surface area contributed by atoms with Crippen LogP contribution in [-0.4, -0.2) is 42.8 Å². The molecule has 0 aromatic rings. The number of rotatable bonds is 8. The molecule has 2 aliphatic rings. The lowest BCUT2D eigenvalue weighted by Crippen LogP contribution is -2.47. The number of nitrogens with one attached hydrogen (secondary N) is 1. The van der Waals surface area contributed by atoms with Crippen LogP contribution in [0.2, 0.25) is 0 Å². The number of unbranched alkanes of at least 4 members (excludes halogenated alkanes) is 1. The first kappa shape index (κ1) is 16.8. The van der Waals surface area contributed by atoms with Gasteiger partial charge in [0.15, 0.2) is 0 Å². The van der Waals surface area contributed by atoms with Crippen molar-refractivity contribution in [1.29, 1.82) is 0 Å². The molecule has 2 rings (SSSR count). The van der Waals surface area contributed by atoms with Gasteiger partial charge in [-0.05, 0) is 38.5 Å². The van der Waals surface area contributed by atoms with Gasteiger partial charge >= 0.3 is 0 Å². The van der Waals surface area contributed by atoms with E-state index in [1.165, 1.54) is 25.7 Å². The zero-order valence-electron chi connectivity index (χ0n) is 13.9. The van der Waals surface area contributed by atoms with Gasteiger partial charge in [-0.2, -0.15) is 0 Å². The van der Waals surface area contributed by atoms with Crippen LogP contribution in [0.5, 0.6) is 0 Å². The van der Waals surface area contributed by atoms with Gasteiger partial charge < -0.3 is 9.64 Å². The maximum Gasteiger partial charge on any atom is 0.241 e. The Kier molecular flexibility index (Phi) is 6.49. The third kappa shape index (κ3) is 3.98. The normalized spacial score (nSPS) is 28.5. The molecule has 2 fully saturated rings. The second-order valence-electron chi connectivity index (χ2n) is 6.73. The minimum Gasteiger partial charge on any atom is -0.385 e. The maximum absolute atomic E-state index is 12.8. The van der Waals surface area contributed by atoms with E-state index in [1.807, 2.05) is 0 Å². The van der Waals surface area contributed by atoms with Gasteiger partial charge in [0.25, 0.3) is 0 Å². The monoisotopic (exact) mass is 296 g/mol. The second kappa shape index (κ2) is 8.14. The summed E-state index contributed by atoms with van der Waals surface area (Å²) < 4.78 is 5.20. The molecule has 1 N–H and O–H groups in total. The Labute approximate surface area is 129 Å². The zero-order chi connectivity index (χ0) is 15.2. The summed E-state index contributed by atoms with van der Waals surface area (Å²) >= 11 is 0. The second-order valence-corrected chi connectivity index (χ2v) is 6.73. The van der Waals surface area contributed by atoms with Crippen molar-refractivity contribution in [2.45, 2.75) is 83.5 Å². The predicted molar refractivity (Wildman–Crippen MR) is 85.0 cm³/mol. The first-order valence-electron chi connectivity index (χ1n) is 8.76. The van der Waals surface area contributed by atoms with Gasteiger partial charge in [-0.1, -0.05) is 32.6 Å². The van der Waals surface area contributed by atoms with E-state index < -0.39 is 0 Å². The van der Waals surface area contributed by atoms with Gasteiger partial charge in [0.05, 0.1) is 12.2 Å². The van der Waals surface area contributed by atoms with Crippen LogP contribution in [0.3, 0.4) is 0 Å². The Morgan fingerprint density at radius 2 is 2.10 bits per heavy atom.